The van der Waals surface area contributed by atoms with E-state index in [0.29, 0.717) is 24.6 Å². The predicted molar refractivity (Wildman–Crippen MR) is 64.3 cm³/mol. The fourth-order valence-corrected chi connectivity index (χ4v) is 1.40. The Morgan fingerprint density at radius 3 is 2.89 bits per heavy atom. The molecule has 0 spiro atoms. The Kier molecular flexibility index (Phi) is 3.63. The van der Waals surface area contributed by atoms with Gasteiger partial charge in [-0.25, -0.2) is 0 Å². The Morgan fingerprint density at radius 1 is 1.50 bits per heavy atom. The van der Waals surface area contributed by atoms with Gasteiger partial charge in [0.15, 0.2) is 5.82 Å². The van der Waals surface area contributed by atoms with Crippen LogP contribution in [0.15, 0.2) is 24.7 Å². The molecule has 3 N–H and O–H groups in total. The maximum atomic E-state index is 11.8. The molecule has 2 rings (SSSR count). The fourth-order valence-electron chi connectivity index (χ4n) is 1.40. The van der Waals surface area contributed by atoms with Crippen LogP contribution in [0.1, 0.15) is 21.9 Å². The van der Waals surface area contributed by atoms with E-state index in [1.54, 1.807) is 29.2 Å². The quantitative estimate of drug-likeness (QED) is 0.764. The van der Waals surface area contributed by atoms with Crippen LogP contribution in [0.4, 0.5) is 0 Å². The Labute approximate surface area is 104 Å². The molecule has 0 atom stereocenters. The van der Waals surface area contributed by atoms with Crippen LogP contribution >= 0.6 is 0 Å². The van der Waals surface area contributed by atoms with Gasteiger partial charge in [-0.2, -0.15) is 0 Å². The molecule has 2 aromatic heterocycles. The average molecular weight is 246 g/mol. The first-order chi connectivity index (χ1) is 8.70. The number of aryl methyl sites for hydroxylation is 1. The van der Waals surface area contributed by atoms with Gasteiger partial charge in [-0.1, -0.05) is 6.07 Å². The zero-order valence-corrected chi connectivity index (χ0v) is 10.00. The summed E-state index contributed by atoms with van der Waals surface area (Å²) in [5, 5.41) is 10.3. The van der Waals surface area contributed by atoms with Gasteiger partial charge >= 0.3 is 0 Å². The van der Waals surface area contributed by atoms with Gasteiger partial charge in [0.2, 0.25) is 0 Å². The van der Waals surface area contributed by atoms with Crippen molar-refractivity contribution >= 4 is 5.91 Å². The van der Waals surface area contributed by atoms with Crippen molar-refractivity contribution in [2.75, 3.05) is 0 Å². The number of amides is 1. The van der Waals surface area contributed by atoms with E-state index in [9.17, 15) is 4.79 Å². The normalized spacial score (nSPS) is 10.3. The van der Waals surface area contributed by atoms with Crippen molar-refractivity contribution in [3.63, 3.8) is 0 Å². The number of nitrogens with one attached hydrogen (secondary N) is 1. The number of hydrogen-bond acceptors (Lipinski definition) is 5. The average Bonchev–Trinajstić information content (AvgIpc) is 2.81. The number of nitrogens with zero attached hydrogens (tertiary/aromatic N) is 4. The molecular weight excluding hydrogens is 232 g/mol. The van der Waals surface area contributed by atoms with E-state index in [0.717, 1.165) is 5.56 Å². The van der Waals surface area contributed by atoms with Crippen molar-refractivity contribution in [1.29, 1.82) is 0 Å². The second kappa shape index (κ2) is 5.37. The molecule has 0 saturated carbocycles. The first-order valence-electron chi connectivity index (χ1n) is 5.47. The van der Waals surface area contributed by atoms with E-state index in [2.05, 4.69) is 20.5 Å². The molecule has 0 radical (unpaired) electrons. The highest BCUT2D eigenvalue weighted by molar-refractivity contribution is 5.92. The molecule has 0 aliphatic heterocycles. The molecule has 7 nitrogen and oxygen atoms in total. The zero-order valence-electron chi connectivity index (χ0n) is 10.00. The van der Waals surface area contributed by atoms with Crippen LogP contribution in [-0.4, -0.2) is 25.7 Å². The highest BCUT2D eigenvalue weighted by Crippen LogP contribution is 2.00. The van der Waals surface area contributed by atoms with Gasteiger partial charge in [-0.05, 0) is 11.6 Å². The van der Waals surface area contributed by atoms with Crippen LogP contribution < -0.4 is 11.1 Å². The van der Waals surface area contributed by atoms with Crippen LogP contribution in [0.3, 0.4) is 0 Å². The van der Waals surface area contributed by atoms with Gasteiger partial charge in [-0.3, -0.25) is 9.78 Å². The summed E-state index contributed by atoms with van der Waals surface area (Å²) in [5.74, 6) is 0.434. The molecule has 0 aliphatic carbocycles. The highest BCUT2D eigenvalue weighted by atomic mass is 16.1. The molecule has 0 bridgehead atoms. The van der Waals surface area contributed by atoms with Gasteiger partial charge in [0.05, 0.1) is 6.54 Å². The summed E-state index contributed by atoms with van der Waals surface area (Å²) >= 11 is 0. The summed E-state index contributed by atoms with van der Waals surface area (Å²) < 4.78 is 1.74. The Balaban J connectivity index is 1.97. The van der Waals surface area contributed by atoms with Crippen molar-refractivity contribution in [3.05, 3.63) is 41.7 Å². The summed E-state index contributed by atoms with van der Waals surface area (Å²) in [6.45, 7) is 0.726. The molecule has 18 heavy (non-hydrogen) atoms. The Bertz CT molecular complexity index is 533. The molecule has 7 heteroatoms. The maximum absolute atomic E-state index is 11.8. The summed E-state index contributed by atoms with van der Waals surface area (Å²) in [4.78, 5) is 15.8. The second-order valence-corrected chi connectivity index (χ2v) is 3.80. The predicted octanol–water partition coefficient (Wildman–Crippen LogP) is -0.401. The van der Waals surface area contributed by atoms with E-state index in [1.807, 2.05) is 7.05 Å². The van der Waals surface area contributed by atoms with Crippen LogP contribution in [0, 0.1) is 0 Å². The minimum absolute atomic E-state index is 0.249. The van der Waals surface area contributed by atoms with Gasteiger partial charge in [-0.15, -0.1) is 10.2 Å². The second-order valence-electron chi connectivity index (χ2n) is 3.80. The van der Waals surface area contributed by atoms with Gasteiger partial charge in [0.1, 0.15) is 12.0 Å². The van der Waals surface area contributed by atoms with Gasteiger partial charge < -0.3 is 15.6 Å². The molecule has 0 fully saturated rings. The Morgan fingerprint density at radius 2 is 2.33 bits per heavy atom. The highest BCUT2D eigenvalue weighted by Gasteiger charge is 2.08. The van der Waals surface area contributed by atoms with Crippen LogP contribution in [-0.2, 0) is 20.1 Å². The number of rotatable bonds is 4. The number of carbonyl (C=O) groups excluding carboxylic acids is 1. The van der Waals surface area contributed by atoms with Crippen molar-refractivity contribution in [2.45, 2.75) is 13.1 Å². The third-order valence-corrected chi connectivity index (χ3v) is 2.51. The molecule has 0 unspecified atom stereocenters. The van der Waals surface area contributed by atoms with Crippen molar-refractivity contribution in [3.8, 4) is 0 Å². The topological polar surface area (TPSA) is 98.7 Å². The van der Waals surface area contributed by atoms with Crippen molar-refractivity contribution in [2.24, 2.45) is 12.8 Å². The van der Waals surface area contributed by atoms with Gasteiger partial charge in [0.25, 0.3) is 5.91 Å². The lowest BCUT2D eigenvalue weighted by Gasteiger charge is -2.04. The van der Waals surface area contributed by atoms with E-state index in [4.69, 9.17) is 5.73 Å². The molecular formula is C11H14N6O. The maximum Gasteiger partial charge on any atom is 0.270 e. The lowest BCUT2D eigenvalue weighted by atomic mass is 10.2. The molecule has 2 heterocycles. The van der Waals surface area contributed by atoms with Gasteiger partial charge in [0, 0.05) is 19.8 Å². The standard InChI is InChI=1S/C11H14N6O/c1-17-7-15-16-10(17)6-14-11(18)9-3-2-8(4-12)5-13-9/h2-3,5,7H,4,6,12H2,1H3,(H,14,18). The molecule has 1 amide bonds. The number of hydrogen-bond donors (Lipinski definition) is 2. The summed E-state index contributed by atoms with van der Waals surface area (Å²) in [6, 6.07) is 3.43. The van der Waals surface area contributed by atoms with E-state index in [1.165, 1.54) is 0 Å². The fraction of sp³-hybridized carbons (Fsp3) is 0.273. The third-order valence-electron chi connectivity index (χ3n) is 2.51. The molecule has 0 saturated heterocycles. The van der Waals surface area contributed by atoms with E-state index >= 15 is 0 Å². The molecule has 0 aromatic carbocycles. The number of aromatic nitrogens is 4. The smallest absolute Gasteiger partial charge is 0.270 e. The summed E-state index contributed by atoms with van der Waals surface area (Å²) in [6.07, 6.45) is 3.17. The molecule has 0 aliphatic rings. The third kappa shape index (κ3) is 2.69. The lowest BCUT2D eigenvalue weighted by molar-refractivity contribution is 0.0944. The van der Waals surface area contributed by atoms with Crippen LogP contribution in [0.5, 0.6) is 0 Å². The largest absolute Gasteiger partial charge is 0.343 e. The Hall–Kier alpha value is -2.28. The minimum atomic E-state index is -0.249. The van der Waals surface area contributed by atoms with Crippen molar-refractivity contribution in [1.82, 2.24) is 25.1 Å². The first-order valence-corrected chi connectivity index (χ1v) is 5.47. The van der Waals surface area contributed by atoms with Crippen LogP contribution in [0.2, 0.25) is 0 Å². The lowest BCUT2D eigenvalue weighted by Crippen LogP contribution is -2.25. The molecule has 2 aromatic rings. The first kappa shape index (κ1) is 12.2. The molecule has 94 valence electrons. The zero-order chi connectivity index (χ0) is 13.0. The number of nitrogens with two attached hydrogens (primary N) is 1. The monoisotopic (exact) mass is 246 g/mol. The van der Waals surface area contributed by atoms with Crippen molar-refractivity contribution < 1.29 is 4.79 Å². The van der Waals surface area contributed by atoms with Crippen LogP contribution in [0.25, 0.3) is 0 Å². The SMILES string of the molecule is Cn1cnnc1CNC(=O)c1ccc(CN)cn1. The number of pyridine rings is 1. The summed E-state index contributed by atoms with van der Waals surface area (Å²) in [7, 11) is 1.82. The summed E-state index contributed by atoms with van der Waals surface area (Å²) in [5.41, 5.74) is 6.70. The number of carbonyl (C=O) groups is 1. The van der Waals surface area contributed by atoms with E-state index < -0.39 is 0 Å². The minimum Gasteiger partial charge on any atom is -0.343 e. The van der Waals surface area contributed by atoms with E-state index in [-0.39, 0.29) is 5.91 Å².